The van der Waals surface area contributed by atoms with Gasteiger partial charge in [0.1, 0.15) is 16.8 Å². The van der Waals surface area contributed by atoms with E-state index in [1.54, 1.807) is 11.3 Å². The number of hydrogen-bond acceptors (Lipinski definition) is 5. The smallest absolute Gasteiger partial charge is 0.161 e. The molecule has 0 saturated carbocycles. The number of anilines is 1. The van der Waals surface area contributed by atoms with Crippen molar-refractivity contribution in [2.24, 2.45) is 5.41 Å². The van der Waals surface area contributed by atoms with Gasteiger partial charge in [0, 0.05) is 18.5 Å². The van der Waals surface area contributed by atoms with Gasteiger partial charge in [-0.15, -0.1) is 11.3 Å². The van der Waals surface area contributed by atoms with Crippen LogP contribution >= 0.6 is 11.3 Å². The summed E-state index contributed by atoms with van der Waals surface area (Å²) in [4.78, 5) is 11.9. The van der Waals surface area contributed by atoms with E-state index >= 15 is 0 Å². The van der Waals surface area contributed by atoms with Crippen molar-refractivity contribution in [1.82, 2.24) is 9.97 Å². The van der Waals surface area contributed by atoms with E-state index in [2.05, 4.69) is 39.1 Å². The van der Waals surface area contributed by atoms with Crippen molar-refractivity contribution in [3.8, 4) is 0 Å². The van der Waals surface area contributed by atoms with E-state index in [-0.39, 0.29) is 11.5 Å². The molecular weight excluding hydrogens is 282 g/mol. The predicted molar refractivity (Wildman–Crippen MR) is 90.2 cm³/mol. The second kappa shape index (κ2) is 6.28. The van der Waals surface area contributed by atoms with Crippen LogP contribution in [0.5, 0.6) is 0 Å². The molecule has 2 aromatic heterocycles. The predicted octanol–water partition coefficient (Wildman–Crippen LogP) is 4.42. The van der Waals surface area contributed by atoms with Crippen LogP contribution < -0.4 is 5.32 Å². The van der Waals surface area contributed by atoms with Crippen molar-refractivity contribution in [2.45, 2.75) is 47.1 Å². The summed E-state index contributed by atoms with van der Waals surface area (Å²) >= 11 is 1.74. The summed E-state index contributed by atoms with van der Waals surface area (Å²) in [7, 11) is 1.90. The molecule has 21 heavy (non-hydrogen) atoms. The maximum Gasteiger partial charge on any atom is 0.161 e. The highest BCUT2D eigenvalue weighted by atomic mass is 32.1. The molecule has 2 heterocycles. The first kappa shape index (κ1) is 16.2. The van der Waals surface area contributed by atoms with Crippen molar-refractivity contribution >= 4 is 27.4 Å². The SMILES string of the molecule is CCOC(c1nc(NC)c2cc(CC)sc2n1)C(C)(C)C. The summed E-state index contributed by atoms with van der Waals surface area (Å²) < 4.78 is 5.93. The third kappa shape index (κ3) is 3.35. The molecule has 0 aliphatic carbocycles. The number of rotatable bonds is 5. The van der Waals surface area contributed by atoms with Crippen LogP contribution in [0.4, 0.5) is 5.82 Å². The van der Waals surface area contributed by atoms with Crippen LogP contribution in [0.2, 0.25) is 0 Å². The van der Waals surface area contributed by atoms with Gasteiger partial charge in [0.25, 0.3) is 0 Å². The van der Waals surface area contributed by atoms with Gasteiger partial charge in [-0.2, -0.15) is 0 Å². The number of nitrogens with one attached hydrogen (secondary N) is 1. The van der Waals surface area contributed by atoms with Crippen LogP contribution in [0.3, 0.4) is 0 Å². The number of ether oxygens (including phenoxy) is 1. The lowest BCUT2D eigenvalue weighted by Crippen LogP contribution is -2.23. The highest BCUT2D eigenvalue weighted by molar-refractivity contribution is 7.18. The van der Waals surface area contributed by atoms with E-state index in [0.717, 1.165) is 28.3 Å². The summed E-state index contributed by atoms with van der Waals surface area (Å²) in [6, 6.07) is 2.18. The Morgan fingerprint density at radius 3 is 2.52 bits per heavy atom. The molecule has 0 saturated heterocycles. The lowest BCUT2D eigenvalue weighted by atomic mass is 9.88. The van der Waals surface area contributed by atoms with Crippen molar-refractivity contribution in [3.63, 3.8) is 0 Å². The van der Waals surface area contributed by atoms with Crippen molar-refractivity contribution < 1.29 is 4.74 Å². The average molecular weight is 307 g/mol. The summed E-state index contributed by atoms with van der Waals surface area (Å²) in [5.41, 5.74) is -0.0421. The van der Waals surface area contributed by atoms with E-state index in [1.807, 2.05) is 14.0 Å². The van der Waals surface area contributed by atoms with Crippen LogP contribution in [0, 0.1) is 5.41 Å². The van der Waals surface area contributed by atoms with Gasteiger partial charge in [0.15, 0.2) is 5.82 Å². The molecule has 1 N–H and O–H groups in total. The Morgan fingerprint density at radius 2 is 2.00 bits per heavy atom. The Bertz CT molecular complexity index is 616. The number of hydrogen-bond donors (Lipinski definition) is 1. The van der Waals surface area contributed by atoms with E-state index in [0.29, 0.717) is 6.61 Å². The van der Waals surface area contributed by atoms with Crippen LogP contribution in [0.1, 0.15) is 51.4 Å². The fourth-order valence-corrected chi connectivity index (χ4v) is 3.32. The molecule has 0 aromatic carbocycles. The largest absolute Gasteiger partial charge is 0.372 e. The van der Waals surface area contributed by atoms with Gasteiger partial charge in [0.2, 0.25) is 0 Å². The van der Waals surface area contributed by atoms with Gasteiger partial charge in [-0.05, 0) is 24.8 Å². The summed E-state index contributed by atoms with van der Waals surface area (Å²) in [6.07, 6.45) is 0.916. The van der Waals surface area contributed by atoms with Crippen LogP contribution in [0.25, 0.3) is 10.2 Å². The topological polar surface area (TPSA) is 47.0 Å². The minimum atomic E-state index is -0.105. The Morgan fingerprint density at radius 1 is 1.29 bits per heavy atom. The van der Waals surface area contributed by atoms with Gasteiger partial charge in [0.05, 0.1) is 5.39 Å². The molecule has 0 radical (unpaired) electrons. The first-order valence-corrected chi connectivity index (χ1v) is 8.32. The van der Waals surface area contributed by atoms with Crippen LogP contribution in [-0.2, 0) is 11.2 Å². The van der Waals surface area contributed by atoms with Gasteiger partial charge in [-0.3, -0.25) is 0 Å². The maximum absolute atomic E-state index is 5.93. The zero-order valence-corrected chi connectivity index (χ0v) is 14.6. The van der Waals surface area contributed by atoms with Crippen LogP contribution in [-0.4, -0.2) is 23.6 Å². The Labute approximate surface area is 131 Å². The first-order chi connectivity index (χ1) is 9.90. The molecule has 1 unspecified atom stereocenters. The maximum atomic E-state index is 5.93. The molecule has 2 rings (SSSR count). The Balaban J connectivity index is 2.57. The molecule has 0 bridgehead atoms. The molecule has 0 aliphatic rings. The van der Waals surface area contributed by atoms with E-state index in [4.69, 9.17) is 14.7 Å². The van der Waals surface area contributed by atoms with Gasteiger partial charge >= 0.3 is 0 Å². The number of aromatic nitrogens is 2. The minimum Gasteiger partial charge on any atom is -0.372 e. The minimum absolute atomic E-state index is 0.0421. The summed E-state index contributed by atoms with van der Waals surface area (Å²) in [6.45, 7) is 11.3. The monoisotopic (exact) mass is 307 g/mol. The number of fused-ring (bicyclic) bond motifs is 1. The van der Waals surface area contributed by atoms with Gasteiger partial charge in [-0.25, -0.2) is 9.97 Å². The van der Waals surface area contributed by atoms with E-state index in [1.165, 1.54) is 4.88 Å². The van der Waals surface area contributed by atoms with E-state index in [9.17, 15) is 0 Å². The molecule has 5 heteroatoms. The molecule has 0 spiro atoms. The molecule has 0 fully saturated rings. The molecule has 1 atom stereocenters. The average Bonchev–Trinajstić information content (AvgIpc) is 2.85. The Hall–Kier alpha value is -1.20. The quantitative estimate of drug-likeness (QED) is 0.888. The van der Waals surface area contributed by atoms with Crippen molar-refractivity contribution in [1.29, 1.82) is 0 Å². The third-order valence-corrected chi connectivity index (χ3v) is 4.57. The summed E-state index contributed by atoms with van der Waals surface area (Å²) in [5, 5.41) is 4.30. The van der Waals surface area contributed by atoms with Crippen LogP contribution in [0.15, 0.2) is 6.07 Å². The number of aryl methyl sites for hydroxylation is 1. The molecule has 116 valence electrons. The molecule has 0 amide bonds. The number of thiophene rings is 1. The molecular formula is C16H25N3OS. The normalized spacial score (nSPS) is 13.6. The molecule has 0 aliphatic heterocycles. The number of nitrogens with zero attached hydrogens (tertiary/aromatic N) is 2. The standard InChI is InChI=1S/C16H25N3OS/c1-7-10-9-11-13(17-6)18-14(19-15(11)21-10)12(20-8-2)16(3,4)5/h9,12H,7-8H2,1-6H3,(H,17,18,19). The highest BCUT2D eigenvalue weighted by Crippen LogP contribution is 2.37. The summed E-state index contributed by atoms with van der Waals surface area (Å²) in [5.74, 6) is 1.66. The van der Waals surface area contributed by atoms with Crippen molar-refractivity contribution in [3.05, 3.63) is 16.8 Å². The second-order valence-electron chi connectivity index (χ2n) is 6.17. The zero-order valence-electron chi connectivity index (χ0n) is 13.8. The van der Waals surface area contributed by atoms with E-state index < -0.39 is 0 Å². The van der Waals surface area contributed by atoms with Crippen molar-refractivity contribution in [2.75, 3.05) is 19.0 Å². The molecule has 4 nitrogen and oxygen atoms in total. The second-order valence-corrected chi connectivity index (χ2v) is 7.28. The molecule has 2 aromatic rings. The van der Waals surface area contributed by atoms with Gasteiger partial charge < -0.3 is 10.1 Å². The lowest BCUT2D eigenvalue weighted by molar-refractivity contribution is -0.0187. The first-order valence-electron chi connectivity index (χ1n) is 7.50. The van der Waals surface area contributed by atoms with Gasteiger partial charge in [-0.1, -0.05) is 27.7 Å². The lowest BCUT2D eigenvalue weighted by Gasteiger charge is -2.29. The highest BCUT2D eigenvalue weighted by Gasteiger charge is 2.30. The fourth-order valence-electron chi connectivity index (χ4n) is 2.35. The zero-order chi connectivity index (χ0) is 15.6. The third-order valence-electron chi connectivity index (χ3n) is 3.40. The Kier molecular flexibility index (Phi) is 4.84. The fraction of sp³-hybridized carbons (Fsp3) is 0.625.